The lowest BCUT2D eigenvalue weighted by atomic mass is 10.1. The summed E-state index contributed by atoms with van der Waals surface area (Å²) >= 11 is 5.96. The summed E-state index contributed by atoms with van der Waals surface area (Å²) in [4.78, 5) is 10.7. The molecule has 0 aliphatic carbocycles. The van der Waals surface area contributed by atoms with E-state index in [1.807, 2.05) is 0 Å². The molecule has 0 radical (unpaired) electrons. The topological polar surface area (TPSA) is 75.2 Å². The molecule has 100 valence electrons. The minimum atomic E-state index is -1.14. The van der Waals surface area contributed by atoms with E-state index in [1.54, 1.807) is 0 Å². The molecule has 2 N–H and O–H groups in total. The fourth-order valence-electron chi connectivity index (χ4n) is 1.61. The van der Waals surface area contributed by atoms with Crippen molar-refractivity contribution in [2.45, 2.75) is 6.61 Å². The minimum absolute atomic E-state index is 0.0614. The number of rotatable bonds is 4. The molecule has 7 heteroatoms. The number of aromatic nitrogens is 2. The summed E-state index contributed by atoms with van der Waals surface area (Å²) in [5.74, 6) is -1.66. The third-order valence-corrected chi connectivity index (χ3v) is 2.87. The molecule has 0 saturated carbocycles. The first kappa shape index (κ1) is 13.5. The highest BCUT2D eigenvalue weighted by Crippen LogP contribution is 2.28. The van der Waals surface area contributed by atoms with Crippen molar-refractivity contribution >= 4 is 17.6 Å². The molecule has 0 amide bonds. The van der Waals surface area contributed by atoms with Gasteiger partial charge in [0, 0.05) is 23.3 Å². The van der Waals surface area contributed by atoms with Crippen molar-refractivity contribution in [2.75, 3.05) is 7.11 Å². The number of nitrogens with one attached hydrogen (secondary N) is 1. The summed E-state index contributed by atoms with van der Waals surface area (Å²) in [6.07, 6.45) is 0. The predicted octanol–water partition coefficient (Wildman–Crippen LogP) is 2.71. The number of hydrogen-bond acceptors (Lipinski definition) is 3. The van der Waals surface area contributed by atoms with Crippen LogP contribution in [0.1, 0.15) is 16.1 Å². The van der Waals surface area contributed by atoms with E-state index in [0.717, 1.165) is 0 Å². The Labute approximate surface area is 113 Å². The Morgan fingerprint density at radius 2 is 2.26 bits per heavy atom. The Morgan fingerprint density at radius 1 is 1.53 bits per heavy atom. The number of hydrogen-bond donors (Lipinski definition) is 2. The van der Waals surface area contributed by atoms with Crippen LogP contribution < -0.4 is 0 Å². The summed E-state index contributed by atoms with van der Waals surface area (Å²) < 4.78 is 18.7. The lowest BCUT2D eigenvalue weighted by Crippen LogP contribution is -1.95. The van der Waals surface area contributed by atoms with Crippen LogP contribution in [0.4, 0.5) is 4.39 Å². The summed E-state index contributed by atoms with van der Waals surface area (Å²) in [6, 6.07) is 4.06. The fourth-order valence-corrected chi connectivity index (χ4v) is 1.87. The van der Waals surface area contributed by atoms with Crippen LogP contribution in [0.25, 0.3) is 11.3 Å². The molecule has 1 aromatic heterocycles. The van der Waals surface area contributed by atoms with Crippen molar-refractivity contribution in [3.05, 3.63) is 40.3 Å². The predicted molar refractivity (Wildman–Crippen MR) is 66.7 cm³/mol. The van der Waals surface area contributed by atoms with E-state index in [-0.39, 0.29) is 22.9 Å². The molecule has 0 atom stereocenters. The second-order valence-corrected chi connectivity index (χ2v) is 4.23. The van der Waals surface area contributed by atoms with Crippen molar-refractivity contribution in [1.82, 2.24) is 10.2 Å². The smallest absolute Gasteiger partial charge is 0.353 e. The molecule has 0 saturated heterocycles. The highest BCUT2D eigenvalue weighted by molar-refractivity contribution is 6.31. The van der Waals surface area contributed by atoms with Gasteiger partial charge in [0.15, 0.2) is 0 Å². The third-order valence-electron chi connectivity index (χ3n) is 2.53. The van der Waals surface area contributed by atoms with Gasteiger partial charge in [-0.15, -0.1) is 0 Å². The molecule has 0 bridgehead atoms. The number of carboxylic acid groups (broad SMARTS) is 1. The first-order valence-electron chi connectivity index (χ1n) is 5.29. The molecule has 0 fully saturated rings. The van der Waals surface area contributed by atoms with Crippen LogP contribution in [0.5, 0.6) is 0 Å². The maximum absolute atomic E-state index is 13.8. The molecule has 1 heterocycles. The summed E-state index contributed by atoms with van der Waals surface area (Å²) in [6.45, 7) is 0.0614. The van der Waals surface area contributed by atoms with Gasteiger partial charge < -0.3 is 9.84 Å². The van der Waals surface area contributed by atoms with Crippen molar-refractivity contribution in [3.63, 3.8) is 0 Å². The Balaban J connectivity index is 2.42. The van der Waals surface area contributed by atoms with Crippen LogP contribution in [0.15, 0.2) is 18.2 Å². The number of aromatic carboxylic acids is 1. The molecular weight excluding hydrogens is 275 g/mol. The van der Waals surface area contributed by atoms with E-state index in [2.05, 4.69) is 10.2 Å². The SMILES string of the molecule is COCc1c(F)cc(-c2cc(C(=O)O)[nH]n2)cc1Cl. The van der Waals surface area contributed by atoms with E-state index in [9.17, 15) is 9.18 Å². The second-order valence-electron chi connectivity index (χ2n) is 3.82. The van der Waals surface area contributed by atoms with Gasteiger partial charge in [-0.3, -0.25) is 5.10 Å². The van der Waals surface area contributed by atoms with E-state index in [1.165, 1.54) is 25.3 Å². The number of H-pyrrole nitrogens is 1. The van der Waals surface area contributed by atoms with Crippen LogP contribution in [-0.2, 0) is 11.3 Å². The average Bonchev–Trinajstić information content (AvgIpc) is 2.83. The maximum atomic E-state index is 13.8. The number of ether oxygens (including phenoxy) is 1. The minimum Gasteiger partial charge on any atom is -0.477 e. The van der Waals surface area contributed by atoms with Gasteiger partial charge in [-0.25, -0.2) is 9.18 Å². The van der Waals surface area contributed by atoms with Gasteiger partial charge in [0.05, 0.1) is 12.3 Å². The lowest BCUT2D eigenvalue weighted by molar-refractivity contribution is 0.0690. The quantitative estimate of drug-likeness (QED) is 0.905. The van der Waals surface area contributed by atoms with Gasteiger partial charge in [0.25, 0.3) is 0 Å². The normalized spacial score (nSPS) is 10.7. The third kappa shape index (κ3) is 2.74. The van der Waals surface area contributed by atoms with Crippen molar-refractivity contribution in [1.29, 1.82) is 0 Å². The van der Waals surface area contributed by atoms with Crippen molar-refractivity contribution < 1.29 is 19.0 Å². The van der Waals surface area contributed by atoms with Crippen LogP contribution in [0, 0.1) is 5.82 Å². The number of halogens is 2. The molecule has 0 aliphatic rings. The first-order chi connectivity index (χ1) is 9.02. The molecule has 5 nitrogen and oxygen atoms in total. The number of aromatic amines is 1. The summed E-state index contributed by atoms with van der Waals surface area (Å²) in [5, 5.41) is 15.1. The van der Waals surface area contributed by atoms with Crippen LogP contribution in [0.2, 0.25) is 5.02 Å². The van der Waals surface area contributed by atoms with Gasteiger partial charge in [0.2, 0.25) is 0 Å². The lowest BCUT2D eigenvalue weighted by Gasteiger charge is -2.06. The number of methoxy groups -OCH3 is 1. The van der Waals surface area contributed by atoms with Crippen molar-refractivity contribution in [2.24, 2.45) is 0 Å². The van der Waals surface area contributed by atoms with Crippen molar-refractivity contribution in [3.8, 4) is 11.3 Å². The molecule has 0 spiro atoms. The summed E-state index contributed by atoms with van der Waals surface area (Å²) in [7, 11) is 1.44. The molecule has 2 rings (SSSR count). The van der Waals surface area contributed by atoms with E-state index in [0.29, 0.717) is 11.3 Å². The van der Waals surface area contributed by atoms with Gasteiger partial charge in [-0.2, -0.15) is 5.10 Å². The van der Waals surface area contributed by atoms with Crippen LogP contribution >= 0.6 is 11.6 Å². The Bertz CT molecular complexity index is 604. The highest BCUT2D eigenvalue weighted by atomic mass is 35.5. The molecule has 1 aromatic carbocycles. The van der Waals surface area contributed by atoms with E-state index >= 15 is 0 Å². The van der Waals surface area contributed by atoms with Crippen LogP contribution in [0.3, 0.4) is 0 Å². The number of benzene rings is 1. The zero-order valence-electron chi connectivity index (χ0n) is 9.91. The molecule has 19 heavy (non-hydrogen) atoms. The van der Waals surface area contributed by atoms with Gasteiger partial charge in [-0.1, -0.05) is 11.6 Å². The van der Waals surface area contributed by atoms with E-state index in [4.69, 9.17) is 21.4 Å². The fraction of sp³-hybridized carbons (Fsp3) is 0.167. The standard InChI is InChI=1S/C12H10ClFN2O3/c1-19-5-7-8(13)2-6(3-9(7)14)10-4-11(12(17)18)16-15-10/h2-4H,5H2,1H3,(H,15,16)(H,17,18). The zero-order chi connectivity index (χ0) is 14.0. The monoisotopic (exact) mass is 284 g/mol. The Kier molecular flexibility index (Phi) is 3.82. The zero-order valence-corrected chi connectivity index (χ0v) is 10.7. The summed E-state index contributed by atoms with van der Waals surface area (Å²) in [5.41, 5.74) is 0.877. The number of carbonyl (C=O) groups is 1. The van der Waals surface area contributed by atoms with Crippen LogP contribution in [-0.4, -0.2) is 28.4 Å². The van der Waals surface area contributed by atoms with E-state index < -0.39 is 11.8 Å². The average molecular weight is 285 g/mol. The van der Waals surface area contributed by atoms with Gasteiger partial charge in [-0.05, 0) is 18.2 Å². The first-order valence-corrected chi connectivity index (χ1v) is 5.66. The Hall–Kier alpha value is -1.92. The largest absolute Gasteiger partial charge is 0.477 e. The second kappa shape index (κ2) is 5.38. The Morgan fingerprint density at radius 3 is 2.79 bits per heavy atom. The molecular formula is C12H10ClFN2O3. The highest BCUT2D eigenvalue weighted by Gasteiger charge is 2.14. The van der Waals surface area contributed by atoms with Gasteiger partial charge >= 0.3 is 5.97 Å². The maximum Gasteiger partial charge on any atom is 0.353 e. The van der Waals surface area contributed by atoms with Gasteiger partial charge in [0.1, 0.15) is 11.5 Å². The number of carboxylic acids is 1. The molecule has 2 aromatic rings. The molecule has 0 aliphatic heterocycles. The molecule has 0 unspecified atom stereocenters. The number of nitrogens with zero attached hydrogens (tertiary/aromatic N) is 1.